The lowest BCUT2D eigenvalue weighted by Crippen LogP contribution is -2.19. The first-order valence-electron chi connectivity index (χ1n) is 5.58. The second-order valence-electron chi connectivity index (χ2n) is 4.23. The van der Waals surface area contributed by atoms with Gasteiger partial charge in [0.05, 0.1) is 5.69 Å². The van der Waals surface area contributed by atoms with Crippen molar-refractivity contribution in [2.75, 3.05) is 6.61 Å². The first-order chi connectivity index (χ1) is 7.34. The van der Waals surface area contributed by atoms with E-state index in [9.17, 15) is 4.79 Å². The number of aryl methyl sites for hydroxylation is 1. The van der Waals surface area contributed by atoms with Crippen molar-refractivity contribution < 1.29 is 4.74 Å². The SMILES string of the molecule is O=c1[nH]c(C2CCCO2)nc2c1CCC2. The lowest BCUT2D eigenvalue weighted by molar-refractivity contribution is 0.104. The summed E-state index contributed by atoms with van der Waals surface area (Å²) in [4.78, 5) is 19.1. The van der Waals surface area contributed by atoms with Crippen molar-refractivity contribution in [3.05, 3.63) is 27.4 Å². The minimum absolute atomic E-state index is 0.0172. The molecule has 0 aromatic carbocycles. The van der Waals surface area contributed by atoms with Gasteiger partial charge in [0.2, 0.25) is 0 Å². The molecule has 15 heavy (non-hydrogen) atoms. The molecule has 0 saturated carbocycles. The molecule has 0 amide bonds. The molecule has 1 unspecified atom stereocenters. The first kappa shape index (κ1) is 9.09. The quantitative estimate of drug-likeness (QED) is 0.748. The number of nitrogens with zero attached hydrogens (tertiary/aromatic N) is 1. The van der Waals surface area contributed by atoms with Crippen molar-refractivity contribution in [1.82, 2.24) is 9.97 Å². The van der Waals surface area contributed by atoms with E-state index in [1.165, 1.54) is 0 Å². The van der Waals surface area contributed by atoms with Gasteiger partial charge < -0.3 is 9.72 Å². The van der Waals surface area contributed by atoms with E-state index in [0.717, 1.165) is 55.8 Å². The van der Waals surface area contributed by atoms with Gasteiger partial charge in [-0.05, 0) is 32.1 Å². The summed E-state index contributed by atoms with van der Waals surface area (Å²) in [7, 11) is 0. The average molecular weight is 206 g/mol. The minimum Gasteiger partial charge on any atom is -0.370 e. The Labute approximate surface area is 87.7 Å². The largest absolute Gasteiger partial charge is 0.370 e. The number of ether oxygens (including phenoxy) is 1. The number of aromatic amines is 1. The molecule has 2 heterocycles. The molecule has 0 radical (unpaired) electrons. The Morgan fingerprint density at radius 3 is 3.07 bits per heavy atom. The fourth-order valence-corrected chi connectivity index (χ4v) is 2.41. The molecule has 1 aromatic rings. The molecule has 2 aliphatic rings. The Hall–Kier alpha value is -1.16. The van der Waals surface area contributed by atoms with Crippen LogP contribution in [0.25, 0.3) is 0 Å². The van der Waals surface area contributed by atoms with Crippen molar-refractivity contribution in [3.8, 4) is 0 Å². The Bertz CT molecular complexity index is 433. The molecule has 4 heteroatoms. The zero-order valence-corrected chi connectivity index (χ0v) is 8.58. The summed E-state index contributed by atoms with van der Waals surface area (Å²) in [6.07, 6.45) is 4.93. The monoisotopic (exact) mass is 206 g/mol. The van der Waals surface area contributed by atoms with Gasteiger partial charge in [-0.2, -0.15) is 0 Å². The van der Waals surface area contributed by atoms with E-state index in [-0.39, 0.29) is 11.7 Å². The highest BCUT2D eigenvalue weighted by atomic mass is 16.5. The molecular formula is C11H14N2O2. The molecule has 1 atom stereocenters. The van der Waals surface area contributed by atoms with Gasteiger partial charge >= 0.3 is 0 Å². The number of hydrogen-bond donors (Lipinski definition) is 1. The van der Waals surface area contributed by atoms with Crippen LogP contribution >= 0.6 is 0 Å². The lowest BCUT2D eigenvalue weighted by Gasteiger charge is -2.09. The Kier molecular flexibility index (Phi) is 2.09. The minimum atomic E-state index is 0.0172. The summed E-state index contributed by atoms with van der Waals surface area (Å²) in [5.74, 6) is 0.734. The van der Waals surface area contributed by atoms with Crippen molar-refractivity contribution in [2.45, 2.75) is 38.2 Å². The Morgan fingerprint density at radius 1 is 1.33 bits per heavy atom. The Morgan fingerprint density at radius 2 is 2.27 bits per heavy atom. The van der Waals surface area contributed by atoms with Crippen molar-refractivity contribution in [3.63, 3.8) is 0 Å². The molecule has 1 N–H and O–H groups in total. The van der Waals surface area contributed by atoms with Crippen LogP contribution in [0, 0.1) is 0 Å². The molecular weight excluding hydrogens is 192 g/mol. The fourth-order valence-electron chi connectivity index (χ4n) is 2.41. The smallest absolute Gasteiger partial charge is 0.254 e. The number of nitrogens with one attached hydrogen (secondary N) is 1. The fraction of sp³-hybridized carbons (Fsp3) is 0.636. The molecule has 1 aliphatic carbocycles. The highest BCUT2D eigenvalue weighted by molar-refractivity contribution is 5.23. The maximum Gasteiger partial charge on any atom is 0.254 e. The lowest BCUT2D eigenvalue weighted by atomic mass is 10.2. The zero-order chi connectivity index (χ0) is 10.3. The molecule has 1 saturated heterocycles. The maximum absolute atomic E-state index is 11.7. The van der Waals surface area contributed by atoms with Crippen LogP contribution in [0.1, 0.15) is 42.4 Å². The molecule has 0 spiro atoms. The second kappa shape index (κ2) is 3.45. The van der Waals surface area contributed by atoms with Crippen LogP contribution in [0.5, 0.6) is 0 Å². The standard InChI is InChI=1S/C11H14N2O2/c14-11-7-3-1-4-8(7)12-10(13-11)9-5-2-6-15-9/h9H,1-6H2,(H,12,13,14). The normalized spacial score (nSPS) is 24.4. The topological polar surface area (TPSA) is 55.0 Å². The van der Waals surface area contributed by atoms with E-state index >= 15 is 0 Å². The molecule has 80 valence electrons. The highest BCUT2D eigenvalue weighted by Gasteiger charge is 2.23. The third-order valence-corrected chi connectivity index (χ3v) is 3.19. The van der Waals surface area contributed by atoms with Gasteiger partial charge in [-0.1, -0.05) is 0 Å². The number of rotatable bonds is 1. The predicted molar refractivity (Wildman–Crippen MR) is 54.8 cm³/mol. The number of fused-ring (bicyclic) bond motifs is 1. The van der Waals surface area contributed by atoms with Gasteiger partial charge in [-0.25, -0.2) is 4.98 Å². The van der Waals surface area contributed by atoms with Crippen LogP contribution in [-0.2, 0) is 17.6 Å². The molecule has 1 aromatic heterocycles. The predicted octanol–water partition coefficient (Wildman–Crippen LogP) is 1.11. The average Bonchev–Trinajstić information content (AvgIpc) is 2.88. The van der Waals surface area contributed by atoms with Gasteiger partial charge in [0.1, 0.15) is 11.9 Å². The summed E-state index contributed by atoms with van der Waals surface area (Å²) in [5.41, 5.74) is 1.92. The van der Waals surface area contributed by atoms with Crippen LogP contribution in [0.4, 0.5) is 0 Å². The third kappa shape index (κ3) is 1.49. The van der Waals surface area contributed by atoms with Gasteiger partial charge in [0.25, 0.3) is 5.56 Å². The van der Waals surface area contributed by atoms with E-state index in [1.807, 2.05) is 0 Å². The van der Waals surface area contributed by atoms with E-state index in [4.69, 9.17) is 4.74 Å². The summed E-state index contributed by atoms with van der Waals surface area (Å²) >= 11 is 0. The van der Waals surface area contributed by atoms with Gasteiger partial charge in [0.15, 0.2) is 0 Å². The summed E-state index contributed by atoms with van der Waals surface area (Å²) in [6, 6.07) is 0. The van der Waals surface area contributed by atoms with Crippen LogP contribution in [0.15, 0.2) is 4.79 Å². The van der Waals surface area contributed by atoms with E-state index in [1.54, 1.807) is 0 Å². The van der Waals surface area contributed by atoms with Crippen LogP contribution in [0.2, 0.25) is 0 Å². The van der Waals surface area contributed by atoms with Gasteiger partial charge in [0, 0.05) is 12.2 Å². The van der Waals surface area contributed by atoms with E-state index in [2.05, 4.69) is 9.97 Å². The van der Waals surface area contributed by atoms with Crippen LogP contribution < -0.4 is 5.56 Å². The van der Waals surface area contributed by atoms with Crippen LogP contribution in [0.3, 0.4) is 0 Å². The highest BCUT2D eigenvalue weighted by Crippen LogP contribution is 2.26. The molecule has 3 rings (SSSR count). The summed E-state index contributed by atoms with van der Waals surface area (Å²) < 4.78 is 5.52. The summed E-state index contributed by atoms with van der Waals surface area (Å²) in [5, 5.41) is 0. The van der Waals surface area contributed by atoms with Crippen LogP contribution in [-0.4, -0.2) is 16.6 Å². The summed E-state index contributed by atoms with van der Waals surface area (Å²) in [6.45, 7) is 0.783. The second-order valence-corrected chi connectivity index (χ2v) is 4.23. The molecule has 0 bridgehead atoms. The molecule has 4 nitrogen and oxygen atoms in total. The molecule has 1 fully saturated rings. The van der Waals surface area contributed by atoms with E-state index < -0.39 is 0 Å². The first-order valence-corrected chi connectivity index (χ1v) is 5.58. The zero-order valence-electron chi connectivity index (χ0n) is 8.58. The van der Waals surface area contributed by atoms with Crippen molar-refractivity contribution in [2.24, 2.45) is 0 Å². The van der Waals surface area contributed by atoms with Crippen molar-refractivity contribution in [1.29, 1.82) is 0 Å². The maximum atomic E-state index is 11.7. The number of aromatic nitrogens is 2. The number of hydrogen-bond acceptors (Lipinski definition) is 3. The van der Waals surface area contributed by atoms with E-state index in [0.29, 0.717) is 0 Å². The number of H-pyrrole nitrogens is 1. The van der Waals surface area contributed by atoms with Gasteiger partial charge in [-0.15, -0.1) is 0 Å². The molecule has 1 aliphatic heterocycles. The van der Waals surface area contributed by atoms with Gasteiger partial charge in [-0.3, -0.25) is 4.79 Å². The third-order valence-electron chi connectivity index (χ3n) is 3.19. The van der Waals surface area contributed by atoms with Crippen molar-refractivity contribution >= 4 is 0 Å². The Balaban J connectivity index is 2.03.